The standard InChI is InChI=1S/C26H23N3O2S/c30-22-17-24(31-23-10-3-1-8-20(22)23)18-6-5-7-19(16-18)28-12-14-29(15-13-28)26-27-21-9-2-4-11-25(21)32-26/h1-11,16,24H,12-15,17H2. The Balaban J connectivity index is 1.17. The zero-order valence-corrected chi connectivity index (χ0v) is 18.4. The maximum absolute atomic E-state index is 12.6. The van der Waals surface area contributed by atoms with Crippen LogP contribution in [0.5, 0.6) is 5.75 Å². The Hall–Kier alpha value is -3.38. The number of Topliss-reactive ketones (excluding diaryl/α,β-unsaturated/α-hetero) is 1. The fraction of sp³-hybridized carbons (Fsp3) is 0.231. The van der Waals surface area contributed by atoms with E-state index in [1.807, 2.05) is 30.3 Å². The van der Waals surface area contributed by atoms with E-state index < -0.39 is 0 Å². The number of rotatable bonds is 3. The van der Waals surface area contributed by atoms with Gasteiger partial charge in [-0.1, -0.05) is 47.7 Å². The van der Waals surface area contributed by atoms with Crippen LogP contribution in [-0.2, 0) is 0 Å². The van der Waals surface area contributed by atoms with Crippen LogP contribution in [0.4, 0.5) is 10.8 Å². The van der Waals surface area contributed by atoms with E-state index in [0.717, 1.165) is 42.4 Å². The number of ether oxygens (including phenoxy) is 1. The van der Waals surface area contributed by atoms with Crippen LogP contribution in [-0.4, -0.2) is 36.9 Å². The van der Waals surface area contributed by atoms with Crippen LogP contribution in [0.2, 0.25) is 0 Å². The molecule has 6 heteroatoms. The fourth-order valence-corrected chi connectivity index (χ4v) is 5.55. The minimum atomic E-state index is -0.235. The molecule has 1 unspecified atom stereocenters. The third kappa shape index (κ3) is 3.50. The SMILES string of the molecule is O=C1CC(c2cccc(N3CCN(c4nc5ccccc5s4)CC3)c2)Oc2ccccc21. The lowest BCUT2D eigenvalue weighted by molar-refractivity contribution is 0.0850. The molecule has 32 heavy (non-hydrogen) atoms. The molecule has 1 atom stereocenters. The second-order valence-corrected chi connectivity index (χ2v) is 9.27. The van der Waals surface area contributed by atoms with Gasteiger partial charge >= 0.3 is 0 Å². The Morgan fingerprint density at radius 3 is 2.53 bits per heavy atom. The van der Waals surface area contributed by atoms with Gasteiger partial charge in [0.1, 0.15) is 11.9 Å². The molecule has 3 aromatic carbocycles. The van der Waals surface area contributed by atoms with Gasteiger partial charge in [-0.3, -0.25) is 4.79 Å². The number of ketones is 1. The minimum Gasteiger partial charge on any atom is -0.484 e. The van der Waals surface area contributed by atoms with Gasteiger partial charge in [-0.25, -0.2) is 4.98 Å². The van der Waals surface area contributed by atoms with Gasteiger partial charge in [0, 0.05) is 31.9 Å². The van der Waals surface area contributed by atoms with Crippen molar-refractivity contribution in [3.05, 3.63) is 83.9 Å². The fourth-order valence-electron chi connectivity index (χ4n) is 4.53. The van der Waals surface area contributed by atoms with Gasteiger partial charge in [0.15, 0.2) is 10.9 Å². The molecule has 0 amide bonds. The van der Waals surface area contributed by atoms with Crippen LogP contribution in [0, 0.1) is 0 Å². The van der Waals surface area contributed by atoms with Gasteiger partial charge in [0.25, 0.3) is 0 Å². The maximum Gasteiger partial charge on any atom is 0.186 e. The summed E-state index contributed by atoms with van der Waals surface area (Å²) in [7, 11) is 0. The summed E-state index contributed by atoms with van der Waals surface area (Å²) in [4.78, 5) is 22.2. The lowest BCUT2D eigenvalue weighted by Crippen LogP contribution is -2.46. The summed E-state index contributed by atoms with van der Waals surface area (Å²) < 4.78 is 7.42. The van der Waals surface area contributed by atoms with Crippen LogP contribution in [0.1, 0.15) is 28.4 Å². The number of fused-ring (bicyclic) bond motifs is 2. The van der Waals surface area contributed by atoms with Crippen LogP contribution in [0.25, 0.3) is 10.2 Å². The van der Waals surface area contributed by atoms with Gasteiger partial charge < -0.3 is 14.5 Å². The molecule has 3 heterocycles. The molecular weight excluding hydrogens is 418 g/mol. The second kappa shape index (κ2) is 7.95. The Bertz CT molecular complexity index is 1260. The molecule has 6 rings (SSSR count). The molecule has 5 nitrogen and oxygen atoms in total. The first-order valence-corrected chi connectivity index (χ1v) is 11.8. The zero-order chi connectivity index (χ0) is 21.5. The van der Waals surface area contributed by atoms with Crippen molar-refractivity contribution in [1.82, 2.24) is 4.98 Å². The summed E-state index contributed by atoms with van der Waals surface area (Å²) in [6.45, 7) is 3.75. The van der Waals surface area contributed by atoms with Gasteiger partial charge in [-0.15, -0.1) is 0 Å². The number of carbonyl (C=O) groups excluding carboxylic acids is 1. The van der Waals surface area contributed by atoms with Gasteiger partial charge in [0.05, 0.1) is 22.2 Å². The van der Waals surface area contributed by atoms with Gasteiger partial charge in [-0.2, -0.15) is 0 Å². The first kappa shape index (κ1) is 19.3. The quantitative estimate of drug-likeness (QED) is 0.430. The number of para-hydroxylation sites is 2. The highest BCUT2D eigenvalue weighted by Gasteiger charge is 2.28. The first-order valence-electron chi connectivity index (χ1n) is 11.0. The number of benzene rings is 3. The van der Waals surface area contributed by atoms with E-state index in [2.05, 4.69) is 52.3 Å². The summed E-state index contributed by atoms with van der Waals surface area (Å²) in [5, 5.41) is 1.10. The van der Waals surface area contributed by atoms with Crippen molar-refractivity contribution in [2.45, 2.75) is 12.5 Å². The van der Waals surface area contributed by atoms with E-state index in [-0.39, 0.29) is 11.9 Å². The van der Waals surface area contributed by atoms with Crippen molar-refractivity contribution in [2.24, 2.45) is 0 Å². The Kier molecular flexibility index (Phi) is 4.80. The molecule has 0 bridgehead atoms. The van der Waals surface area contributed by atoms with Crippen LogP contribution in [0.15, 0.2) is 72.8 Å². The topological polar surface area (TPSA) is 45.7 Å². The van der Waals surface area contributed by atoms with E-state index in [9.17, 15) is 4.79 Å². The van der Waals surface area contributed by atoms with Crippen molar-refractivity contribution in [1.29, 1.82) is 0 Å². The number of hydrogen-bond donors (Lipinski definition) is 0. The third-order valence-corrected chi connectivity index (χ3v) is 7.36. The average molecular weight is 442 g/mol. The maximum atomic E-state index is 12.6. The molecule has 0 saturated carbocycles. The lowest BCUT2D eigenvalue weighted by Gasteiger charge is -2.36. The summed E-state index contributed by atoms with van der Waals surface area (Å²) in [5.41, 5.74) is 4.00. The largest absolute Gasteiger partial charge is 0.484 e. The summed E-state index contributed by atoms with van der Waals surface area (Å²) in [6.07, 6.45) is 0.146. The monoisotopic (exact) mass is 441 g/mol. The van der Waals surface area contributed by atoms with E-state index in [0.29, 0.717) is 17.7 Å². The third-order valence-electron chi connectivity index (χ3n) is 6.27. The molecule has 2 aliphatic rings. The van der Waals surface area contributed by atoms with Crippen LogP contribution < -0.4 is 14.5 Å². The molecule has 0 radical (unpaired) electrons. The molecule has 160 valence electrons. The molecule has 0 N–H and O–H groups in total. The van der Waals surface area contributed by atoms with Crippen LogP contribution >= 0.6 is 11.3 Å². The predicted molar refractivity (Wildman–Crippen MR) is 129 cm³/mol. The number of piperazine rings is 1. The summed E-state index contributed by atoms with van der Waals surface area (Å²) in [6, 6.07) is 24.3. The van der Waals surface area contributed by atoms with Crippen molar-refractivity contribution < 1.29 is 9.53 Å². The predicted octanol–water partition coefficient (Wildman–Crippen LogP) is 5.33. The Morgan fingerprint density at radius 1 is 0.875 bits per heavy atom. The number of thiazole rings is 1. The molecular formula is C26H23N3O2S. The number of aromatic nitrogens is 1. The van der Waals surface area contributed by atoms with E-state index >= 15 is 0 Å². The van der Waals surface area contributed by atoms with E-state index in [1.54, 1.807) is 11.3 Å². The number of hydrogen-bond acceptors (Lipinski definition) is 6. The molecule has 1 saturated heterocycles. The van der Waals surface area contributed by atoms with Crippen molar-refractivity contribution in [3.63, 3.8) is 0 Å². The highest BCUT2D eigenvalue weighted by Crippen LogP contribution is 2.36. The number of carbonyl (C=O) groups is 1. The molecule has 0 aliphatic carbocycles. The molecule has 1 fully saturated rings. The normalized spacial score (nSPS) is 18.5. The molecule has 2 aliphatic heterocycles. The van der Waals surface area contributed by atoms with Gasteiger partial charge in [-0.05, 0) is 42.0 Å². The molecule has 1 aromatic heterocycles. The van der Waals surface area contributed by atoms with Crippen LogP contribution in [0.3, 0.4) is 0 Å². The van der Waals surface area contributed by atoms with E-state index in [4.69, 9.17) is 9.72 Å². The Morgan fingerprint density at radius 2 is 1.66 bits per heavy atom. The Labute approximate surface area is 190 Å². The number of nitrogens with zero attached hydrogens (tertiary/aromatic N) is 3. The average Bonchev–Trinajstić information content (AvgIpc) is 3.29. The van der Waals surface area contributed by atoms with Crippen molar-refractivity contribution in [3.8, 4) is 5.75 Å². The molecule has 4 aromatic rings. The number of anilines is 2. The minimum absolute atomic E-state index is 0.145. The second-order valence-electron chi connectivity index (χ2n) is 8.26. The highest BCUT2D eigenvalue weighted by molar-refractivity contribution is 7.22. The first-order chi connectivity index (χ1) is 15.7. The lowest BCUT2D eigenvalue weighted by atomic mass is 9.96. The van der Waals surface area contributed by atoms with Gasteiger partial charge in [0.2, 0.25) is 0 Å². The summed E-state index contributed by atoms with van der Waals surface area (Å²) >= 11 is 1.76. The highest BCUT2D eigenvalue weighted by atomic mass is 32.1. The van der Waals surface area contributed by atoms with Crippen molar-refractivity contribution in [2.75, 3.05) is 36.0 Å². The molecule has 0 spiro atoms. The zero-order valence-electron chi connectivity index (χ0n) is 17.6. The van der Waals surface area contributed by atoms with Crippen molar-refractivity contribution >= 4 is 38.2 Å². The smallest absolute Gasteiger partial charge is 0.186 e. The van der Waals surface area contributed by atoms with E-state index in [1.165, 1.54) is 10.4 Å². The summed E-state index contributed by atoms with van der Waals surface area (Å²) in [5.74, 6) is 0.829.